The van der Waals surface area contributed by atoms with E-state index in [4.69, 9.17) is 4.74 Å². The van der Waals surface area contributed by atoms with Crippen molar-refractivity contribution in [2.45, 2.75) is 43.4 Å². The van der Waals surface area contributed by atoms with Crippen molar-refractivity contribution in [2.75, 3.05) is 6.61 Å². The lowest BCUT2D eigenvalue weighted by atomic mass is 9.95. The predicted molar refractivity (Wildman–Crippen MR) is 102 cm³/mol. The summed E-state index contributed by atoms with van der Waals surface area (Å²) in [6.45, 7) is -0.166. The first-order chi connectivity index (χ1) is 14.3. The lowest BCUT2D eigenvalue weighted by Gasteiger charge is -2.40. The van der Waals surface area contributed by atoms with E-state index in [2.05, 4.69) is 0 Å². The summed E-state index contributed by atoms with van der Waals surface area (Å²) in [5, 5.41) is 9.36. The van der Waals surface area contributed by atoms with Crippen LogP contribution in [0.4, 0.5) is 18.0 Å². The fraction of sp³-hybridized carbons (Fsp3) is 0.364. The highest BCUT2D eigenvalue weighted by Crippen LogP contribution is 2.44. The molecule has 1 N–H and O–H groups in total. The Morgan fingerprint density at radius 1 is 1.00 bits per heavy atom. The van der Waals surface area contributed by atoms with Crippen molar-refractivity contribution >= 4 is 12.1 Å². The number of benzene rings is 2. The highest BCUT2D eigenvalue weighted by atomic mass is 19.4. The molecule has 2 aliphatic rings. The summed E-state index contributed by atoms with van der Waals surface area (Å²) in [6, 6.07) is 11.5. The van der Waals surface area contributed by atoms with Gasteiger partial charge in [0.1, 0.15) is 18.7 Å². The zero-order valence-corrected chi connectivity index (χ0v) is 15.9. The molecule has 4 rings (SSSR count). The standard InChI is InChI=1S/C22H20F3NO4/c23-22(24,25)19-11-5-10-18(20(27)28)26(19)21(29)30-12-17-15-8-3-1-6-13(15)14-7-2-4-9-16(14)17/h1-4,6-9,17-19H,5,10-12H2,(H,27,28). The number of carboxylic acid groups (broad SMARTS) is 1. The minimum atomic E-state index is -4.72. The topological polar surface area (TPSA) is 66.8 Å². The average molecular weight is 419 g/mol. The summed E-state index contributed by atoms with van der Waals surface area (Å²) in [7, 11) is 0. The number of rotatable bonds is 3. The van der Waals surface area contributed by atoms with Crippen molar-refractivity contribution < 1.29 is 32.6 Å². The second-order valence-electron chi connectivity index (χ2n) is 7.55. The van der Waals surface area contributed by atoms with Gasteiger partial charge in [-0.2, -0.15) is 13.2 Å². The van der Waals surface area contributed by atoms with Gasteiger partial charge in [0.2, 0.25) is 0 Å². The van der Waals surface area contributed by atoms with Gasteiger partial charge in [-0.05, 0) is 41.5 Å². The van der Waals surface area contributed by atoms with E-state index >= 15 is 0 Å². The summed E-state index contributed by atoms with van der Waals surface area (Å²) >= 11 is 0. The Balaban J connectivity index is 1.58. The summed E-state index contributed by atoms with van der Waals surface area (Å²) in [5.41, 5.74) is 3.83. The third-order valence-electron chi connectivity index (χ3n) is 5.84. The Morgan fingerprint density at radius 3 is 2.10 bits per heavy atom. The van der Waals surface area contributed by atoms with Crippen molar-refractivity contribution in [3.8, 4) is 11.1 Å². The number of halogens is 3. The molecule has 30 heavy (non-hydrogen) atoms. The molecular formula is C22H20F3NO4. The lowest BCUT2D eigenvalue weighted by molar-refractivity contribution is -0.196. The van der Waals surface area contributed by atoms with E-state index in [0.717, 1.165) is 22.3 Å². The van der Waals surface area contributed by atoms with Gasteiger partial charge in [0.15, 0.2) is 0 Å². The molecule has 2 unspecified atom stereocenters. The fourth-order valence-electron chi connectivity index (χ4n) is 4.49. The van der Waals surface area contributed by atoms with Crippen molar-refractivity contribution in [1.29, 1.82) is 0 Å². The number of piperidine rings is 1. The Labute approximate surface area is 171 Å². The molecule has 5 nitrogen and oxygen atoms in total. The van der Waals surface area contributed by atoms with E-state index in [1.165, 1.54) is 0 Å². The molecule has 1 amide bonds. The lowest BCUT2D eigenvalue weighted by Crippen LogP contribution is -2.58. The van der Waals surface area contributed by atoms with Gasteiger partial charge < -0.3 is 9.84 Å². The maximum atomic E-state index is 13.5. The van der Waals surface area contributed by atoms with E-state index in [-0.39, 0.29) is 31.8 Å². The molecule has 1 heterocycles. The van der Waals surface area contributed by atoms with Crippen LogP contribution in [0.1, 0.15) is 36.3 Å². The first kappa shape index (κ1) is 20.3. The third-order valence-corrected chi connectivity index (χ3v) is 5.84. The van der Waals surface area contributed by atoms with Gasteiger partial charge in [0, 0.05) is 5.92 Å². The monoisotopic (exact) mass is 419 g/mol. The second kappa shape index (κ2) is 7.66. The van der Waals surface area contributed by atoms with Gasteiger partial charge >= 0.3 is 18.2 Å². The van der Waals surface area contributed by atoms with E-state index in [9.17, 15) is 27.9 Å². The Kier molecular flexibility index (Phi) is 5.17. The van der Waals surface area contributed by atoms with Crippen LogP contribution in [0, 0.1) is 0 Å². The quantitative estimate of drug-likeness (QED) is 0.776. The van der Waals surface area contributed by atoms with E-state index in [0.29, 0.717) is 4.90 Å². The van der Waals surface area contributed by atoms with Crippen LogP contribution in [0.25, 0.3) is 11.1 Å². The Morgan fingerprint density at radius 2 is 1.57 bits per heavy atom. The third kappa shape index (κ3) is 3.51. The first-order valence-electron chi connectivity index (χ1n) is 9.72. The molecule has 158 valence electrons. The second-order valence-corrected chi connectivity index (χ2v) is 7.55. The smallest absolute Gasteiger partial charge is 0.411 e. The first-order valence-corrected chi connectivity index (χ1v) is 9.72. The van der Waals surface area contributed by atoms with Gasteiger partial charge in [0.25, 0.3) is 0 Å². The summed E-state index contributed by atoms with van der Waals surface area (Å²) < 4.78 is 45.8. The number of nitrogens with zero attached hydrogens (tertiary/aromatic N) is 1. The maximum absolute atomic E-state index is 13.5. The minimum Gasteiger partial charge on any atom is -0.480 e. The molecule has 2 aromatic rings. The number of alkyl halides is 3. The number of carbonyl (C=O) groups is 2. The van der Waals surface area contributed by atoms with Gasteiger partial charge in [-0.15, -0.1) is 0 Å². The van der Waals surface area contributed by atoms with Crippen LogP contribution in [0.3, 0.4) is 0 Å². The number of likely N-dealkylation sites (tertiary alicyclic amines) is 1. The summed E-state index contributed by atoms with van der Waals surface area (Å²) in [5.74, 6) is -1.78. The normalized spacial score (nSPS) is 21.1. The molecule has 0 saturated carbocycles. The number of ether oxygens (including phenoxy) is 1. The molecule has 2 aromatic carbocycles. The molecule has 1 aliphatic heterocycles. The Hall–Kier alpha value is -3.03. The molecular weight excluding hydrogens is 399 g/mol. The van der Waals surface area contributed by atoms with Crippen LogP contribution in [-0.4, -0.2) is 46.9 Å². The van der Waals surface area contributed by atoms with E-state index in [1.807, 2.05) is 48.5 Å². The van der Waals surface area contributed by atoms with Crippen LogP contribution >= 0.6 is 0 Å². The van der Waals surface area contributed by atoms with Crippen molar-refractivity contribution in [3.05, 3.63) is 59.7 Å². The van der Waals surface area contributed by atoms with Crippen molar-refractivity contribution in [1.82, 2.24) is 4.90 Å². The van der Waals surface area contributed by atoms with Crippen LogP contribution in [0.5, 0.6) is 0 Å². The number of carbonyl (C=O) groups excluding carboxylic acids is 1. The van der Waals surface area contributed by atoms with Crippen LogP contribution in [0.2, 0.25) is 0 Å². The number of aliphatic carboxylic acids is 1. The SMILES string of the molecule is O=C(O)C1CCCC(C(F)(F)F)N1C(=O)OCC1c2ccccc2-c2ccccc21. The molecule has 0 radical (unpaired) electrons. The highest BCUT2D eigenvalue weighted by molar-refractivity contribution is 5.81. The molecule has 1 fully saturated rings. The Bertz CT molecular complexity index is 929. The largest absolute Gasteiger partial charge is 0.480 e. The molecule has 0 spiro atoms. The number of hydrogen-bond donors (Lipinski definition) is 1. The maximum Gasteiger partial charge on any atom is 0.411 e. The molecule has 0 aromatic heterocycles. The van der Waals surface area contributed by atoms with E-state index in [1.54, 1.807) is 0 Å². The number of amides is 1. The minimum absolute atomic E-state index is 0.0356. The highest BCUT2D eigenvalue weighted by Gasteiger charge is 2.52. The van der Waals surface area contributed by atoms with Crippen molar-refractivity contribution in [2.24, 2.45) is 0 Å². The van der Waals surface area contributed by atoms with E-state index < -0.39 is 30.3 Å². The average Bonchev–Trinajstić information content (AvgIpc) is 3.04. The molecule has 0 bridgehead atoms. The molecule has 8 heteroatoms. The predicted octanol–water partition coefficient (Wildman–Crippen LogP) is 4.81. The van der Waals surface area contributed by atoms with Crippen molar-refractivity contribution in [3.63, 3.8) is 0 Å². The van der Waals surface area contributed by atoms with Crippen LogP contribution < -0.4 is 0 Å². The fourth-order valence-corrected chi connectivity index (χ4v) is 4.49. The van der Waals surface area contributed by atoms with Gasteiger partial charge in [-0.25, -0.2) is 9.59 Å². The number of fused-ring (bicyclic) bond motifs is 3. The number of hydrogen-bond acceptors (Lipinski definition) is 3. The van der Waals surface area contributed by atoms with Gasteiger partial charge in [0.05, 0.1) is 0 Å². The van der Waals surface area contributed by atoms with Crippen LogP contribution in [0.15, 0.2) is 48.5 Å². The number of carboxylic acids is 1. The summed E-state index contributed by atoms with van der Waals surface area (Å²) in [4.78, 5) is 24.6. The van der Waals surface area contributed by atoms with Gasteiger partial charge in [-0.1, -0.05) is 48.5 Å². The zero-order valence-electron chi connectivity index (χ0n) is 15.9. The zero-order chi connectivity index (χ0) is 21.5. The molecule has 1 saturated heterocycles. The van der Waals surface area contributed by atoms with Gasteiger partial charge in [-0.3, -0.25) is 4.90 Å². The molecule has 1 aliphatic carbocycles. The molecule has 2 atom stereocenters. The summed E-state index contributed by atoms with van der Waals surface area (Å²) in [6.07, 6.45) is -6.26. The van der Waals surface area contributed by atoms with Crippen LogP contribution in [-0.2, 0) is 9.53 Å².